The molecule has 1 fully saturated rings. The Bertz CT molecular complexity index is 884. The van der Waals surface area contributed by atoms with E-state index >= 15 is 0 Å². The third kappa shape index (κ3) is 5.83. The van der Waals surface area contributed by atoms with Gasteiger partial charge in [-0.05, 0) is 43.7 Å². The molecular weight excluding hydrogens is 398 g/mol. The fourth-order valence-electron chi connectivity index (χ4n) is 4.48. The highest BCUT2D eigenvalue weighted by Gasteiger charge is 2.36. The van der Waals surface area contributed by atoms with Gasteiger partial charge in [0.2, 0.25) is 11.7 Å². The molecule has 2 unspecified atom stereocenters. The van der Waals surface area contributed by atoms with Crippen molar-refractivity contribution in [3.05, 3.63) is 30.2 Å². The summed E-state index contributed by atoms with van der Waals surface area (Å²) in [5, 5.41) is 0. The van der Waals surface area contributed by atoms with Crippen LogP contribution in [-0.4, -0.2) is 48.4 Å². The van der Waals surface area contributed by atoms with Crippen LogP contribution in [-0.2, 0) is 9.53 Å². The molecule has 1 heterocycles. The van der Waals surface area contributed by atoms with Crippen molar-refractivity contribution in [2.75, 3.05) is 20.7 Å². The van der Waals surface area contributed by atoms with Gasteiger partial charge in [0.25, 0.3) is 5.89 Å². The molecule has 1 aliphatic carbocycles. The van der Waals surface area contributed by atoms with Crippen LogP contribution in [0.5, 0.6) is 0 Å². The first-order chi connectivity index (χ1) is 14.9. The van der Waals surface area contributed by atoms with Crippen LogP contribution >= 0.6 is 0 Å². The number of Topliss-reactive ketones (excluding diaryl/α,β-unsaturated/α-hetero) is 1. The van der Waals surface area contributed by atoms with Gasteiger partial charge in [0.05, 0.1) is 6.61 Å². The summed E-state index contributed by atoms with van der Waals surface area (Å²) in [6.45, 7) is -0.000486. The molecule has 2 amide bonds. The van der Waals surface area contributed by atoms with Gasteiger partial charge >= 0.3 is 6.09 Å². The van der Waals surface area contributed by atoms with Crippen molar-refractivity contribution in [3.63, 3.8) is 0 Å². The molecule has 0 spiro atoms. The number of rotatable bonds is 9. The summed E-state index contributed by atoms with van der Waals surface area (Å²) in [6, 6.07) is 7.17. The molecule has 1 aromatic heterocycles. The van der Waals surface area contributed by atoms with Gasteiger partial charge in [-0.3, -0.25) is 9.59 Å². The van der Waals surface area contributed by atoms with Gasteiger partial charge in [0.1, 0.15) is 5.52 Å². The Morgan fingerprint density at radius 2 is 1.90 bits per heavy atom. The van der Waals surface area contributed by atoms with Crippen molar-refractivity contribution in [1.82, 2.24) is 9.88 Å². The largest absolute Gasteiger partial charge is 0.450 e. The summed E-state index contributed by atoms with van der Waals surface area (Å²) in [5.74, 6) is -0.843. The quantitative estimate of drug-likeness (QED) is 0.606. The number of para-hydroxylation sites is 2. The highest BCUT2D eigenvalue weighted by molar-refractivity contribution is 5.96. The normalized spacial score (nSPS) is 16.6. The number of nitrogens with two attached hydrogens (primary N) is 1. The van der Waals surface area contributed by atoms with Crippen LogP contribution in [0, 0.1) is 17.8 Å². The molecule has 8 heteroatoms. The SMILES string of the molecule is CN(C)C(=O)C(CC(CCOC(N)=O)C(=O)c1nc2ccccc2o1)C1CCCCC1. The van der Waals surface area contributed by atoms with Gasteiger partial charge in [-0.2, -0.15) is 0 Å². The zero-order valence-corrected chi connectivity index (χ0v) is 18.2. The van der Waals surface area contributed by atoms with Gasteiger partial charge in [0.15, 0.2) is 5.58 Å². The van der Waals surface area contributed by atoms with Crippen molar-refractivity contribution < 1.29 is 23.5 Å². The summed E-state index contributed by atoms with van der Waals surface area (Å²) >= 11 is 0. The van der Waals surface area contributed by atoms with Crippen LogP contribution in [0.1, 0.15) is 55.6 Å². The highest BCUT2D eigenvalue weighted by atomic mass is 16.5. The van der Waals surface area contributed by atoms with E-state index in [9.17, 15) is 14.4 Å². The minimum Gasteiger partial charge on any atom is -0.450 e. The summed E-state index contributed by atoms with van der Waals surface area (Å²) in [7, 11) is 3.48. The molecule has 2 N–H and O–H groups in total. The molecule has 168 valence electrons. The van der Waals surface area contributed by atoms with Crippen LogP contribution in [0.3, 0.4) is 0 Å². The second-order valence-corrected chi connectivity index (χ2v) is 8.48. The Morgan fingerprint density at radius 1 is 1.19 bits per heavy atom. The van der Waals surface area contributed by atoms with E-state index < -0.39 is 12.0 Å². The molecule has 8 nitrogen and oxygen atoms in total. The number of carbonyl (C=O) groups is 3. The smallest absolute Gasteiger partial charge is 0.404 e. The number of fused-ring (bicyclic) bond motifs is 1. The van der Waals surface area contributed by atoms with E-state index in [1.807, 2.05) is 12.1 Å². The fourth-order valence-corrected chi connectivity index (χ4v) is 4.48. The van der Waals surface area contributed by atoms with E-state index in [4.69, 9.17) is 14.9 Å². The predicted octanol–water partition coefficient (Wildman–Crippen LogP) is 3.79. The first-order valence-corrected chi connectivity index (χ1v) is 10.9. The molecular formula is C23H31N3O5. The number of ketones is 1. The van der Waals surface area contributed by atoms with Crippen molar-refractivity contribution in [2.45, 2.75) is 44.9 Å². The van der Waals surface area contributed by atoms with Crippen LogP contribution in [0.25, 0.3) is 11.1 Å². The monoisotopic (exact) mass is 429 g/mol. The van der Waals surface area contributed by atoms with Gasteiger partial charge in [-0.25, -0.2) is 9.78 Å². The average Bonchev–Trinajstić information content (AvgIpc) is 3.20. The number of amides is 2. The molecule has 0 bridgehead atoms. The van der Waals surface area contributed by atoms with Crippen LogP contribution in [0.15, 0.2) is 28.7 Å². The number of benzene rings is 1. The van der Waals surface area contributed by atoms with E-state index in [0.717, 1.165) is 25.7 Å². The van der Waals surface area contributed by atoms with E-state index in [2.05, 4.69) is 4.98 Å². The molecule has 0 radical (unpaired) electrons. The molecule has 2 aromatic rings. The highest BCUT2D eigenvalue weighted by Crippen LogP contribution is 2.36. The first-order valence-electron chi connectivity index (χ1n) is 10.9. The summed E-state index contributed by atoms with van der Waals surface area (Å²) in [6.07, 6.45) is 5.05. The minimum atomic E-state index is -0.888. The zero-order chi connectivity index (χ0) is 22.4. The first kappa shape index (κ1) is 22.8. The second-order valence-electron chi connectivity index (χ2n) is 8.48. The Balaban J connectivity index is 1.85. The predicted molar refractivity (Wildman–Crippen MR) is 115 cm³/mol. The standard InChI is InChI=1S/C23H31N3O5/c1-26(2)22(28)17(15-8-4-3-5-9-15)14-16(12-13-30-23(24)29)20(27)21-25-18-10-6-7-11-19(18)31-21/h6-7,10-11,15-17H,3-5,8-9,12-14H2,1-2H3,(H2,24,29). The maximum absolute atomic E-state index is 13.3. The molecule has 0 saturated heterocycles. The Hall–Kier alpha value is -2.90. The summed E-state index contributed by atoms with van der Waals surface area (Å²) < 4.78 is 10.6. The average molecular weight is 430 g/mol. The maximum Gasteiger partial charge on any atom is 0.404 e. The third-order valence-corrected chi connectivity index (χ3v) is 6.10. The molecule has 31 heavy (non-hydrogen) atoms. The Kier molecular flexibility index (Phi) is 7.65. The molecule has 1 aliphatic rings. The molecule has 1 saturated carbocycles. The topological polar surface area (TPSA) is 116 Å². The second kappa shape index (κ2) is 10.4. The number of nitrogens with zero attached hydrogens (tertiary/aromatic N) is 2. The number of hydrogen-bond acceptors (Lipinski definition) is 6. The Morgan fingerprint density at radius 3 is 2.55 bits per heavy atom. The minimum absolute atomic E-state index is 0.000486. The van der Waals surface area contributed by atoms with E-state index in [1.54, 1.807) is 31.1 Å². The lowest BCUT2D eigenvalue weighted by atomic mass is 9.74. The Labute approximate surface area is 182 Å². The molecule has 1 aromatic carbocycles. The number of oxazole rings is 1. The van der Waals surface area contributed by atoms with Crippen LogP contribution in [0.2, 0.25) is 0 Å². The van der Waals surface area contributed by atoms with E-state index in [-0.39, 0.29) is 42.4 Å². The number of aromatic nitrogens is 1. The maximum atomic E-state index is 13.3. The van der Waals surface area contributed by atoms with E-state index in [1.165, 1.54) is 6.42 Å². The van der Waals surface area contributed by atoms with Gasteiger partial charge < -0.3 is 19.8 Å². The lowest BCUT2D eigenvalue weighted by molar-refractivity contribution is -0.135. The van der Waals surface area contributed by atoms with Crippen molar-refractivity contribution in [2.24, 2.45) is 23.5 Å². The van der Waals surface area contributed by atoms with Crippen molar-refractivity contribution in [3.8, 4) is 0 Å². The third-order valence-electron chi connectivity index (χ3n) is 6.10. The van der Waals surface area contributed by atoms with Gasteiger partial charge in [-0.15, -0.1) is 0 Å². The van der Waals surface area contributed by atoms with Gasteiger partial charge in [-0.1, -0.05) is 31.4 Å². The van der Waals surface area contributed by atoms with Crippen molar-refractivity contribution >= 4 is 28.9 Å². The molecule has 2 atom stereocenters. The van der Waals surface area contributed by atoms with Crippen LogP contribution < -0.4 is 5.73 Å². The number of hydrogen-bond donors (Lipinski definition) is 1. The number of primary amides is 1. The zero-order valence-electron chi connectivity index (χ0n) is 18.2. The van der Waals surface area contributed by atoms with Crippen LogP contribution in [0.4, 0.5) is 4.79 Å². The van der Waals surface area contributed by atoms with Crippen molar-refractivity contribution in [1.29, 1.82) is 0 Å². The molecule has 3 rings (SSSR count). The summed E-state index contributed by atoms with van der Waals surface area (Å²) in [4.78, 5) is 43.3. The van der Waals surface area contributed by atoms with E-state index in [0.29, 0.717) is 17.5 Å². The lowest BCUT2D eigenvalue weighted by Crippen LogP contribution is -2.37. The number of ether oxygens (including phenoxy) is 1. The summed E-state index contributed by atoms with van der Waals surface area (Å²) in [5.41, 5.74) is 6.22. The number of carbonyl (C=O) groups excluding carboxylic acids is 3. The fraction of sp³-hybridized carbons (Fsp3) is 0.565. The lowest BCUT2D eigenvalue weighted by Gasteiger charge is -2.33. The van der Waals surface area contributed by atoms with Gasteiger partial charge in [0, 0.05) is 25.9 Å². The molecule has 0 aliphatic heterocycles.